The minimum absolute atomic E-state index is 0.199. The van der Waals surface area contributed by atoms with Gasteiger partial charge in [-0.3, -0.25) is 15.6 Å². The molecule has 30 heavy (non-hydrogen) atoms. The summed E-state index contributed by atoms with van der Waals surface area (Å²) in [6.45, 7) is 7.52. The molecular formula is C21H25F3N4O2. The number of hydrazine groups is 1. The van der Waals surface area contributed by atoms with Crippen LogP contribution in [0.4, 0.5) is 18.9 Å². The second kappa shape index (κ2) is 8.14. The van der Waals surface area contributed by atoms with Crippen molar-refractivity contribution in [2.24, 2.45) is 5.10 Å². The van der Waals surface area contributed by atoms with Gasteiger partial charge in [0, 0.05) is 23.1 Å². The molecule has 1 amide bonds. The number of nitrogens with zero attached hydrogens (tertiary/aromatic N) is 1. The molecule has 1 aliphatic rings. The van der Waals surface area contributed by atoms with Crippen LogP contribution in [0.25, 0.3) is 0 Å². The molecule has 1 heterocycles. The number of furan rings is 1. The molecule has 3 rings (SSSR count). The van der Waals surface area contributed by atoms with E-state index in [0.29, 0.717) is 29.9 Å². The van der Waals surface area contributed by atoms with E-state index in [2.05, 4.69) is 21.4 Å². The predicted molar refractivity (Wildman–Crippen MR) is 108 cm³/mol. The van der Waals surface area contributed by atoms with Crippen molar-refractivity contribution in [3.8, 4) is 0 Å². The Morgan fingerprint density at radius 1 is 1.17 bits per heavy atom. The van der Waals surface area contributed by atoms with E-state index in [1.165, 1.54) is 12.1 Å². The van der Waals surface area contributed by atoms with Crippen molar-refractivity contribution in [1.29, 1.82) is 0 Å². The first-order valence-electron chi connectivity index (χ1n) is 9.66. The minimum Gasteiger partial charge on any atom is -0.455 e. The van der Waals surface area contributed by atoms with Crippen molar-refractivity contribution in [2.45, 2.75) is 58.7 Å². The van der Waals surface area contributed by atoms with Gasteiger partial charge in [0.25, 0.3) is 0 Å². The maximum Gasteiger partial charge on any atom is 0.416 e. The summed E-state index contributed by atoms with van der Waals surface area (Å²) >= 11 is 0. The van der Waals surface area contributed by atoms with Crippen molar-refractivity contribution >= 4 is 17.3 Å². The molecule has 0 atom stereocenters. The second-order valence-corrected chi connectivity index (χ2v) is 8.29. The summed E-state index contributed by atoms with van der Waals surface area (Å²) < 4.78 is 44.5. The lowest BCUT2D eigenvalue weighted by Crippen LogP contribution is -2.48. The van der Waals surface area contributed by atoms with Crippen LogP contribution in [0.15, 0.2) is 33.8 Å². The third-order valence-corrected chi connectivity index (χ3v) is 4.59. The van der Waals surface area contributed by atoms with Gasteiger partial charge in [-0.25, -0.2) is 5.43 Å². The average Bonchev–Trinajstić information content (AvgIpc) is 3.01. The molecule has 0 spiro atoms. The van der Waals surface area contributed by atoms with E-state index in [1.54, 1.807) is 6.92 Å². The molecule has 0 bridgehead atoms. The Morgan fingerprint density at radius 3 is 2.57 bits per heavy atom. The third kappa shape index (κ3) is 5.02. The molecule has 0 fully saturated rings. The molecule has 6 nitrogen and oxygen atoms in total. The van der Waals surface area contributed by atoms with E-state index in [-0.39, 0.29) is 22.9 Å². The Bertz CT molecular complexity index is 972. The van der Waals surface area contributed by atoms with Gasteiger partial charge in [0.05, 0.1) is 17.0 Å². The number of alkyl halides is 3. The van der Waals surface area contributed by atoms with Gasteiger partial charge in [-0.05, 0) is 58.7 Å². The fourth-order valence-corrected chi connectivity index (χ4v) is 3.19. The smallest absolute Gasteiger partial charge is 0.416 e. The molecule has 0 aliphatic heterocycles. The van der Waals surface area contributed by atoms with E-state index in [4.69, 9.17) is 4.42 Å². The molecule has 0 saturated carbocycles. The number of nitrogens with one attached hydrogen (secondary N) is 3. The van der Waals surface area contributed by atoms with Crippen LogP contribution in [-0.4, -0.2) is 17.2 Å². The Labute approximate surface area is 172 Å². The molecule has 0 radical (unpaired) electrons. The zero-order valence-corrected chi connectivity index (χ0v) is 17.3. The van der Waals surface area contributed by atoms with Gasteiger partial charge < -0.3 is 4.42 Å². The van der Waals surface area contributed by atoms with Crippen LogP contribution in [0.2, 0.25) is 0 Å². The number of fused-ring (bicyclic) bond motifs is 1. The van der Waals surface area contributed by atoms with Crippen LogP contribution in [0.1, 0.15) is 66.6 Å². The number of rotatable bonds is 4. The van der Waals surface area contributed by atoms with Gasteiger partial charge in [0.1, 0.15) is 5.76 Å². The highest BCUT2D eigenvalue weighted by atomic mass is 19.4. The standard InChI is InChI=1S/C21H25F3N4O2/c1-12-17-15(26-25-14-8-5-7-13(11-14)21(22,23)24)9-6-10-16(17)30-18(12)19(29)27-28-20(2,3)4/h5,7-8,11,25,28H,6,9-10H2,1-4H3,(H,27,29)/b26-15+. The summed E-state index contributed by atoms with van der Waals surface area (Å²) in [5, 5.41) is 4.33. The fraction of sp³-hybridized carbons (Fsp3) is 0.429. The number of hydrogen-bond acceptors (Lipinski definition) is 5. The SMILES string of the molecule is Cc1c(C(=O)NNC(C)(C)C)oc2c1/C(=N/Nc1cccc(C(F)(F)F)c1)CCC2. The highest BCUT2D eigenvalue weighted by molar-refractivity contribution is 6.06. The predicted octanol–water partition coefficient (Wildman–Crippen LogP) is 4.79. The van der Waals surface area contributed by atoms with Crippen LogP contribution in [0.5, 0.6) is 0 Å². The maximum absolute atomic E-state index is 12.9. The summed E-state index contributed by atoms with van der Waals surface area (Å²) in [6, 6.07) is 4.86. The van der Waals surface area contributed by atoms with Crippen LogP contribution in [0, 0.1) is 6.92 Å². The first kappa shape index (κ1) is 21.9. The van der Waals surface area contributed by atoms with Gasteiger partial charge in [-0.2, -0.15) is 18.3 Å². The first-order chi connectivity index (χ1) is 14.0. The molecule has 0 saturated heterocycles. The number of carbonyl (C=O) groups is 1. The van der Waals surface area contributed by atoms with E-state index in [9.17, 15) is 18.0 Å². The third-order valence-electron chi connectivity index (χ3n) is 4.59. The highest BCUT2D eigenvalue weighted by Crippen LogP contribution is 2.32. The van der Waals surface area contributed by atoms with Crippen LogP contribution in [0.3, 0.4) is 0 Å². The lowest BCUT2D eigenvalue weighted by molar-refractivity contribution is -0.137. The van der Waals surface area contributed by atoms with Gasteiger partial charge in [-0.15, -0.1) is 0 Å². The lowest BCUT2D eigenvalue weighted by Gasteiger charge is -2.20. The molecular weight excluding hydrogens is 397 g/mol. The quantitative estimate of drug-likeness (QED) is 0.619. The molecule has 162 valence electrons. The molecule has 3 N–H and O–H groups in total. The minimum atomic E-state index is -4.42. The summed E-state index contributed by atoms with van der Waals surface area (Å²) in [5.41, 5.74) is 9.48. The Balaban J connectivity index is 1.84. The molecule has 9 heteroatoms. The van der Waals surface area contributed by atoms with Crippen molar-refractivity contribution in [2.75, 3.05) is 5.43 Å². The number of hydrazone groups is 1. The summed E-state index contributed by atoms with van der Waals surface area (Å²) in [7, 11) is 0. The van der Waals surface area contributed by atoms with Crippen LogP contribution < -0.4 is 16.3 Å². The van der Waals surface area contributed by atoms with E-state index < -0.39 is 11.7 Å². The average molecular weight is 422 g/mol. The highest BCUT2D eigenvalue weighted by Gasteiger charge is 2.31. The fourth-order valence-electron chi connectivity index (χ4n) is 3.19. The van der Waals surface area contributed by atoms with E-state index >= 15 is 0 Å². The van der Waals surface area contributed by atoms with Crippen LogP contribution >= 0.6 is 0 Å². The van der Waals surface area contributed by atoms with Crippen molar-refractivity contribution in [1.82, 2.24) is 10.9 Å². The lowest BCUT2D eigenvalue weighted by atomic mass is 9.93. The number of benzene rings is 1. The zero-order chi connectivity index (χ0) is 22.1. The summed E-state index contributed by atoms with van der Waals surface area (Å²) in [5.74, 6) is 0.469. The van der Waals surface area contributed by atoms with Gasteiger partial charge in [0.2, 0.25) is 0 Å². The molecule has 2 aromatic rings. The Kier molecular flexibility index (Phi) is 5.94. The number of aryl methyl sites for hydroxylation is 1. The van der Waals surface area contributed by atoms with Crippen molar-refractivity contribution < 1.29 is 22.4 Å². The van der Waals surface area contributed by atoms with Crippen molar-refractivity contribution in [3.05, 3.63) is 52.5 Å². The van der Waals surface area contributed by atoms with Crippen LogP contribution in [-0.2, 0) is 12.6 Å². The molecule has 1 aromatic heterocycles. The summed E-state index contributed by atoms with van der Waals surface area (Å²) in [4.78, 5) is 12.5. The largest absolute Gasteiger partial charge is 0.455 e. The number of amides is 1. The zero-order valence-electron chi connectivity index (χ0n) is 17.3. The summed E-state index contributed by atoms with van der Waals surface area (Å²) in [6.07, 6.45) is -2.36. The molecule has 0 unspecified atom stereocenters. The van der Waals surface area contributed by atoms with Gasteiger partial charge in [-0.1, -0.05) is 6.07 Å². The van der Waals surface area contributed by atoms with Gasteiger partial charge >= 0.3 is 12.1 Å². The van der Waals surface area contributed by atoms with Gasteiger partial charge in [0.15, 0.2) is 5.76 Å². The molecule has 1 aliphatic carbocycles. The second-order valence-electron chi connectivity index (χ2n) is 8.29. The number of hydrogen-bond donors (Lipinski definition) is 3. The first-order valence-corrected chi connectivity index (χ1v) is 9.66. The number of anilines is 1. The Hall–Kier alpha value is -2.81. The number of carbonyl (C=O) groups excluding carboxylic acids is 1. The molecule has 1 aromatic carbocycles. The van der Waals surface area contributed by atoms with Crippen molar-refractivity contribution in [3.63, 3.8) is 0 Å². The monoisotopic (exact) mass is 422 g/mol. The normalized spacial score (nSPS) is 15.8. The Morgan fingerprint density at radius 2 is 1.90 bits per heavy atom. The maximum atomic E-state index is 12.9. The number of halogens is 3. The van der Waals surface area contributed by atoms with E-state index in [0.717, 1.165) is 24.1 Å². The van der Waals surface area contributed by atoms with E-state index in [1.807, 2.05) is 20.8 Å². The topological polar surface area (TPSA) is 78.7 Å².